The number of hydrogen-bond donors (Lipinski definition) is 2. The largest absolute Gasteiger partial charge is 0.748 e. The van der Waals surface area contributed by atoms with Crippen LogP contribution in [0.15, 0.2) is 12.2 Å². The summed E-state index contributed by atoms with van der Waals surface area (Å²) in [6, 6.07) is 0. The van der Waals surface area contributed by atoms with E-state index in [2.05, 4.69) is 11.9 Å². The third-order valence-corrected chi connectivity index (χ3v) is 3.51. The molecule has 0 aromatic rings. The SMILES string of the molecule is C=C(C)C(=O)NCCC[N+](C)(C)CC(O)CS(=O)(=O)[O-]. The molecule has 0 radical (unpaired) electrons. The third-order valence-electron chi connectivity index (χ3n) is 2.71. The zero-order chi connectivity index (χ0) is 16.0. The summed E-state index contributed by atoms with van der Waals surface area (Å²) in [4.78, 5) is 11.2. The van der Waals surface area contributed by atoms with Gasteiger partial charge in [0.15, 0.2) is 0 Å². The molecule has 0 bridgehead atoms. The van der Waals surface area contributed by atoms with Gasteiger partial charge in [0.2, 0.25) is 5.91 Å². The van der Waals surface area contributed by atoms with Crippen molar-refractivity contribution >= 4 is 16.0 Å². The Morgan fingerprint density at radius 2 is 2.00 bits per heavy atom. The van der Waals surface area contributed by atoms with Crippen molar-refractivity contribution in [1.82, 2.24) is 5.32 Å². The molecule has 7 nitrogen and oxygen atoms in total. The van der Waals surface area contributed by atoms with Crippen LogP contribution in [0.2, 0.25) is 0 Å². The molecule has 8 heteroatoms. The van der Waals surface area contributed by atoms with E-state index in [9.17, 15) is 22.9 Å². The highest BCUT2D eigenvalue weighted by Gasteiger charge is 2.21. The first-order chi connectivity index (χ1) is 8.93. The highest BCUT2D eigenvalue weighted by molar-refractivity contribution is 7.85. The van der Waals surface area contributed by atoms with E-state index >= 15 is 0 Å². The van der Waals surface area contributed by atoms with Gasteiger partial charge in [0.05, 0.1) is 36.5 Å². The lowest BCUT2D eigenvalue weighted by atomic mass is 10.2. The number of quaternary nitrogens is 1. The third kappa shape index (κ3) is 9.90. The fourth-order valence-corrected chi connectivity index (χ4v) is 2.39. The Morgan fingerprint density at radius 1 is 1.45 bits per heavy atom. The van der Waals surface area contributed by atoms with Gasteiger partial charge in [-0.25, -0.2) is 8.42 Å². The Kier molecular flexibility index (Phi) is 7.35. The lowest BCUT2D eigenvalue weighted by Gasteiger charge is -2.32. The van der Waals surface area contributed by atoms with Gasteiger partial charge in [0.1, 0.15) is 12.6 Å². The second kappa shape index (κ2) is 7.72. The molecule has 0 aromatic heterocycles. The standard InChI is InChI=1S/C12H24N2O5S/c1-10(2)12(16)13-6-5-7-14(3,4)8-11(15)9-20(17,18)19/h11,15H,1,5-9H2,2-4H3,(H-,13,16,17,18,19). The van der Waals surface area contributed by atoms with Crippen molar-refractivity contribution < 1.29 is 27.4 Å². The summed E-state index contributed by atoms with van der Waals surface area (Å²) in [5.74, 6) is -0.978. The normalized spacial score (nSPS) is 13.8. The topological polar surface area (TPSA) is 107 Å². The fourth-order valence-electron chi connectivity index (χ4n) is 1.81. The first kappa shape index (κ1) is 19.0. The minimum absolute atomic E-state index is 0.163. The van der Waals surface area contributed by atoms with Gasteiger partial charge < -0.3 is 19.5 Å². The first-order valence-electron chi connectivity index (χ1n) is 6.30. The summed E-state index contributed by atoms with van der Waals surface area (Å²) in [6.07, 6.45) is -0.513. The van der Waals surface area contributed by atoms with Gasteiger partial charge in [-0.05, 0) is 6.92 Å². The number of carbonyl (C=O) groups is 1. The maximum absolute atomic E-state index is 11.2. The van der Waals surface area contributed by atoms with Crippen molar-refractivity contribution in [2.45, 2.75) is 19.4 Å². The molecule has 0 aromatic carbocycles. The van der Waals surface area contributed by atoms with Gasteiger partial charge in [-0.3, -0.25) is 4.79 Å². The van der Waals surface area contributed by atoms with Crippen LogP contribution in [0.25, 0.3) is 0 Å². The van der Waals surface area contributed by atoms with E-state index in [0.717, 1.165) is 0 Å². The number of aliphatic hydroxyl groups excluding tert-OH is 1. The van der Waals surface area contributed by atoms with Crippen LogP contribution >= 0.6 is 0 Å². The molecule has 0 saturated heterocycles. The zero-order valence-electron chi connectivity index (χ0n) is 12.3. The predicted octanol–water partition coefficient (Wildman–Crippen LogP) is -0.949. The van der Waals surface area contributed by atoms with Gasteiger partial charge in [-0.15, -0.1) is 0 Å². The van der Waals surface area contributed by atoms with Crippen LogP contribution < -0.4 is 5.32 Å². The Labute approximate surface area is 120 Å². The average molecular weight is 308 g/mol. The van der Waals surface area contributed by atoms with Crippen molar-refractivity contribution in [3.8, 4) is 0 Å². The molecule has 1 atom stereocenters. The molecule has 0 aliphatic rings. The Hall–Kier alpha value is -0.960. The van der Waals surface area contributed by atoms with Gasteiger partial charge in [-0.1, -0.05) is 6.58 Å². The van der Waals surface area contributed by atoms with E-state index in [0.29, 0.717) is 29.6 Å². The van der Waals surface area contributed by atoms with Crippen LogP contribution in [-0.4, -0.2) is 74.1 Å². The molecule has 20 heavy (non-hydrogen) atoms. The molecule has 1 unspecified atom stereocenters. The van der Waals surface area contributed by atoms with Crippen LogP contribution in [0.5, 0.6) is 0 Å². The van der Waals surface area contributed by atoms with Crippen molar-refractivity contribution in [2.24, 2.45) is 0 Å². The molecule has 118 valence electrons. The summed E-state index contributed by atoms with van der Waals surface area (Å²) in [5, 5.41) is 12.3. The summed E-state index contributed by atoms with van der Waals surface area (Å²) < 4.78 is 32.0. The van der Waals surface area contributed by atoms with Gasteiger partial charge in [0.25, 0.3) is 0 Å². The number of amides is 1. The molecule has 2 N–H and O–H groups in total. The van der Waals surface area contributed by atoms with Crippen LogP contribution in [0.1, 0.15) is 13.3 Å². The van der Waals surface area contributed by atoms with E-state index in [1.165, 1.54) is 0 Å². The second-order valence-corrected chi connectivity index (χ2v) is 7.06. The summed E-state index contributed by atoms with van der Waals surface area (Å²) >= 11 is 0. The summed E-state index contributed by atoms with van der Waals surface area (Å²) in [7, 11) is -0.777. The highest BCUT2D eigenvalue weighted by Crippen LogP contribution is 2.03. The first-order valence-corrected chi connectivity index (χ1v) is 7.88. The second-order valence-electron chi connectivity index (χ2n) is 5.61. The quantitative estimate of drug-likeness (QED) is 0.247. The Balaban J connectivity index is 4.07. The van der Waals surface area contributed by atoms with Gasteiger partial charge >= 0.3 is 0 Å². The molecular formula is C12H24N2O5S. The van der Waals surface area contributed by atoms with E-state index < -0.39 is 22.0 Å². The Bertz CT molecular complexity index is 445. The average Bonchev–Trinajstić information content (AvgIpc) is 2.19. The maximum Gasteiger partial charge on any atom is 0.246 e. The van der Waals surface area contributed by atoms with Gasteiger partial charge in [-0.2, -0.15) is 0 Å². The maximum atomic E-state index is 11.2. The molecule has 0 fully saturated rings. The number of aliphatic hydroxyl groups is 1. The molecular weight excluding hydrogens is 284 g/mol. The minimum Gasteiger partial charge on any atom is -0.748 e. The number of rotatable bonds is 9. The van der Waals surface area contributed by atoms with E-state index in [-0.39, 0.29) is 12.5 Å². The van der Waals surface area contributed by atoms with Crippen molar-refractivity contribution in [3.05, 3.63) is 12.2 Å². The molecule has 0 rings (SSSR count). The lowest BCUT2D eigenvalue weighted by molar-refractivity contribution is -0.893. The van der Waals surface area contributed by atoms with E-state index in [1.807, 2.05) is 14.1 Å². The van der Waals surface area contributed by atoms with Gasteiger partial charge in [0, 0.05) is 18.5 Å². The van der Waals surface area contributed by atoms with Crippen LogP contribution in [-0.2, 0) is 14.9 Å². The molecule has 1 amide bonds. The van der Waals surface area contributed by atoms with E-state index in [1.54, 1.807) is 6.92 Å². The molecule has 0 aliphatic carbocycles. The lowest BCUT2D eigenvalue weighted by Crippen LogP contribution is -2.48. The number of nitrogens with zero attached hydrogens (tertiary/aromatic N) is 1. The Morgan fingerprint density at radius 3 is 2.45 bits per heavy atom. The molecule has 0 aliphatic heterocycles. The summed E-state index contributed by atoms with van der Waals surface area (Å²) in [6.45, 7) is 6.41. The van der Waals surface area contributed by atoms with Crippen LogP contribution in [0.4, 0.5) is 0 Å². The number of likely N-dealkylation sites (N-methyl/N-ethyl adjacent to an activating group) is 1. The summed E-state index contributed by atoms with van der Waals surface area (Å²) in [5.41, 5.74) is 0.440. The highest BCUT2D eigenvalue weighted by atomic mass is 32.2. The van der Waals surface area contributed by atoms with Crippen molar-refractivity contribution in [1.29, 1.82) is 0 Å². The monoisotopic (exact) mass is 308 g/mol. The van der Waals surface area contributed by atoms with Crippen molar-refractivity contribution in [2.75, 3.05) is 39.5 Å². The fraction of sp³-hybridized carbons (Fsp3) is 0.750. The smallest absolute Gasteiger partial charge is 0.246 e. The molecule has 0 saturated carbocycles. The predicted molar refractivity (Wildman–Crippen MR) is 74.9 cm³/mol. The zero-order valence-corrected chi connectivity index (χ0v) is 13.1. The molecule has 0 spiro atoms. The van der Waals surface area contributed by atoms with E-state index in [4.69, 9.17) is 0 Å². The number of carbonyl (C=O) groups excluding carboxylic acids is 1. The van der Waals surface area contributed by atoms with Crippen molar-refractivity contribution in [3.63, 3.8) is 0 Å². The molecule has 0 heterocycles. The number of nitrogens with one attached hydrogen (secondary N) is 1. The van der Waals surface area contributed by atoms with Crippen LogP contribution in [0.3, 0.4) is 0 Å². The minimum atomic E-state index is -4.42. The number of hydrogen-bond acceptors (Lipinski definition) is 5. The van der Waals surface area contributed by atoms with Crippen LogP contribution in [0, 0.1) is 0 Å².